The summed E-state index contributed by atoms with van der Waals surface area (Å²) in [5.41, 5.74) is 0. The van der Waals surface area contributed by atoms with Gasteiger partial charge in [-0.25, -0.2) is 0 Å². The second-order valence-corrected chi connectivity index (χ2v) is 18.1. The van der Waals surface area contributed by atoms with E-state index in [-0.39, 0.29) is 32.0 Å². The lowest BCUT2D eigenvalue weighted by molar-refractivity contribution is -0.305. The van der Waals surface area contributed by atoms with Crippen molar-refractivity contribution in [1.82, 2.24) is 0 Å². The van der Waals surface area contributed by atoms with Crippen LogP contribution in [0.15, 0.2) is 0 Å². The summed E-state index contributed by atoms with van der Waals surface area (Å²) >= 11 is 0. The zero-order valence-electron chi connectivity index (χ0n) is 36.3. The van der Waals surface area contributed by atoms with Gasteiger partial charge in [0.25, 0.3) is 0 Å². The van der Waals surface area contributed by atoms with E-state index in [0.717, 1.165) is 55.8 Å². The highest BCUT2D eigenvalue weighted by atomic mass is 16.7. The maximum atomic E-state index is 12.8. The molecule has 4 N–H and O–H groups in total. The molecule has 0 aromatic heterocycles. The average molecular weight is 811 g/mol. The van der Waals surface area contributed by atoms with E-state index in [4.69, 9.17) is 18.9 Å². The van der Waals surface area contributed by atoms with E-state index < -0.39 is 49.4 Å². The minimum atomic E-state index is -1.59. The lowest BCUT2D eigenvalue weighted by Gasteiger charge is -2.39. The van der Waals surface area contributed by atoms with Crippen LogP contribution in [0.3, 0.4) is 0 Å². The summed E-state index contributed by atoms with van der Waals surface area (Å²) < 4.78 is 22.3. The highest BCUT2D eigenvalue weighted by Crippen LogP contribution is 2.46. The van der Waals surface area contributed by atoms with Crippen molar-refractivity contribution >= 4 is 11.9 Å². The molecule has 1 heterocycles. The minimum absolute atomic E-state index is 0.204. The van der Waals surface area contributed by atoms with Crippen LogP contribution in [0.25, 0.3) is 0 Å². The van der Waals surface area contributed by atoms with Crippen molar-refractivity contribution in [1.29, 1.82) is 0 Å². The number of hydrogen-bond donors (Lipinski definition) is 4. The Bertz CT molecular complexity index is 1020. The maximum Gasteiger partial charge on any atom is 0.306 e. The summed E-state index contributed by atoms with van der Waals surface area (Å²) in [5, 5.41) is 40.2. The molecule has 2 saturated carbocycles. The van der Waals surface area contributed by atoms with Crippen molar-refractivity contribution in [3.8, 4) is 0 Å². The van der Waals surface area contributed by atoms with Gasteiger partial charge < -0.3 is 39.4 Å². The molecule has 3 aliphatic rings. The van der Waals surface area contributed by atoms with Crippen molar-refractivity contribution in [2.24, 2.45) is 23.7 Å². The van der Waals surface area contributed by atoms with E-state index in [0.29, 0.717) is 6.42 Å². The first-order valence-corrected chi connectivity index (χ1v) is 24.0. The van der Waals surface area contributed by atoms with Crippen LogP contribution in [0.5, 0.6) is 0 Å². The molecule has 1 saturated heterocycles. The molecule has 0 amide bonds. The number of carbonyl (C=O) groups excluding carboxylic acids is 2. The molecule has 3 fully saturated rings. The smallest absolute Gasteiger partial charge is 0.306 e. The predicted octanol–water partition coefficient (Wildman–Crippen LogP) is 9.49. The van der Waals surface area contributed by atoms with Gasteiger partial charge in [0.15, 0.2) is 12.4 Å². The monoisotopic (exact) mass is 811 g/mol. The van der Waals surface area contributed by atoms with Crippen LogP contribution in [0.2, 0.25) is 0 Å². The fraction of sp³-hybridized carbons (Fsp3) is 0.957. The summed E-state index contributed by atoms with van der Waals surface area (Å²) in [5.74, 6) is 3.03. The molecule has 10 atom stereocenters. The fourth-order valence-electron chi connectivity index (χ4n) is 8.85. The summed E-state index contributed by atoms with van der Waals surface area (Å²) in [6.07, 6.45) is 27.7. The Morgan fingerprint density at radius 2 is 0.965 bits per heavy atom. The van der Waals surface area contributed by atoms with Crippen LogP contribution in [-0.2, 0) is 28.5 Å². The number of esters is 2. The van der Waals surface area contributed by atoms with E-state index in [9.17, 15) is 30.0 Å². The third-order valence-electron chi connectivity index (χ3n) is 12.9. The lowest BCUT2D eigenvalue weighted by atomic mass is 9.99. The van der Waals surface area contributed by atoms with Crippen LogP contribution in [0, 0.1) is 23.7 Å². The van der Waals surface area contributed by atoms with Gasteiger partial charge in [0, 0.05) is 12.8 Å². The lowest BCUT2D eigenvalue weighted by Crippen LogP contribution is -2.59. The highest BCUT2D eigenvalue weighted by Gasteiger charge is 2.44. The van der Waals surface area contributed by atoms with Gasteiger partial charge in [-0.2, -0.15) is 0 Å². The van der Waals surface area contributed by atoms with Gasteiger partial charge in [0.1, 0.15) is 31.0 Å². The molecule has 0 spiro atoms. The number of aliphatic hydroxyl groups excluding tert-OH is 4. The Hall–Kier alpha value is -1.30. The summed E-state index contributed by atoms with van der Waals surface area (Å²) in [4.78, 5) is 25.5. The zero-order chi connectivity index (χ0) is 41.1. The Morgan fingerprint density at radius 3 is 1.42 bits per heavy atom. The van der Waals surface area contributed by atoms with Crippen molar-refractivity contribution in [2.75, 3.05) is 19.8 Å². The molecule has 334 valence electrons. The Morgan fingerprint density at radius 1 is 0.544 bits per heavy atom. The Kier molecular flexibility index (Phi) is 26.9. The summed E-state index contributed by atoms with van der Waals surface area (Å²) in [6, 6.07) is 0. The second-order valence-electron chi connectivity index (χ2n) is 18.1. The van der Waals surface area contributed by atoms with E-state index in [1.54, 1.807) is 0 Å². The van der Waals surface area contributed by atoms with Crippen molar-refractivity contribution in [2.45, 2.75) is 243 Å². The van der Waals surface area contributed by atoms with E-state index in [2.05, 4.69) is 13.8 Å². The highest BCUT2D eigenvalue weighted by molar-refractivity contribution is 5.70. The molecule has 0 aromatic rings. The van der Waals surface area contributed by atoms with Crippen molar-refractivity contribution in [3.05, 3.63) is 0 Å². The number of rotatable bonds is 37. The molecular formula is C47H86O10. The van der Waals surface area contributed by atoms with Gasteiger partial charge >= 0.3 is 11.9 Å². The van der Waals surface area contributed by atoms with Crippen molar-refractivity contribution < 1.29 is 49.0 Å². The molecule has 4 unspecified atom stereocenters. The molecule has 0 radical (unpaired) electrons. The molecule has 10 heteroatoms. The number of carbonyl (C=O) groups is 2. The van der Waals surface area contributed by atoms with Gasteiger partial charge in [0.05, 0.1) is 13.2 Å². The molecule has 0 aromatic carbocycles. The van der Waals surface area contributed by atoms with Gasteiger partial charge in [-0.1, -0.05) is 168 Å². The minimum Gasteiger partial charge on any atom is -0.462 e. The molecule has 0 bridgehead atoms. The zero-order valence-corrected chi connectivity index (χ0v) is 36.3. The summed E-state index contributed by atoms with van der Waals surface area (Å²) in [7, 11) is 0. The quantitative estimate of drug-likeness (QED) is 0.0353. The fourth-order valence-corrected chi connectivity index (χ4v) is 8.85. The Labute approximate surface area is 346 Å². The van der Waals surface area contributed by atoms with E-state index >= 15 is 0 Å². The number of unbranched alkanes of at least 4 members (excludes halogenated alkanes) is 18. The Balaban J connectivity index is 1.26. The predicted molar refractivity (Wildman–Crippen MR) is 224 cm³/mol. The third kappa shape index (κ3) is 22.2. The molecule has 57 heavy (non-hydrogen) atoms. The number of hydrogen-bond acceptors (Lipinski definition) is 10. The van der Waals surface area contributed by atoms with Crippen LogP contribution in [0.4, 0.5) is 0 Å². The molecule has 3 rings (SSSR count). The second kappa shape index (κ2) is 30.7. The van der Waals surface area contributed by atoms with Gasteiger partial charge in [-0.05, 0) is 49.4 Å². The van der Waals surface area contributed by atoms with Crippen LogP contribution < -0.4 is 0 Å². The normalized spacial score (nSPS) is 27.3. The first-order valence-electron chi connectivity index (χ1n) is 24.0. The standard InChI is InChI=1S/C47H86O10/c1-3-5-7-9-13-19-25-36-31-38(36)27-21-15-11-17-23-29-42(49)54-34-40(35-55-47-46(53)45(52)44(51)41(33-48)57-47)56-43(50)30-24-18-12-16-22-28-39-32-37(39)26-20-14-10-8-6-4-2/h36-41,44-48,51-53H,3-35H2,1-2H3/t36?,37?,38?,39?,40-,41-,44-,45+,46-,47-/m1/s1. The SMILES string of the molecule is CCCCCCCCC1CC1CCCCCCCC(=O)OC[C@H](CO[C@@H]1O[C@H](CO)[C@@H](O)[C@H](O)[C@H]1O)OC(=O)CCCCCCCC1CC1CCCCCCCC. The topological polar surface area (TPSA) is 152 Å². The first-order chi connectivity index (χ1) is 27.8. The molecule has 2 aliphatic carbocycles. The maximum absolute atomic E-state index is 12.8. The molecule has 10 nitrogen and oxygen atoms in total. The van der Waals surface area contributed by atoms with Crippen LogP contribution in [-0.4, -0.2) is 89.0 Å². The summed E-state index contributed by atoms with van der Waals surface area (Å²) in [6.45, 7) is 3.49. The van der Waals surface area contributed by atoms with Crippen LogP contribution in [0.1, 0.15) is 206 Å². The molecule has 1 aliphatic heterocycles. The van der Waals surface area contributed by atoms with Crippen LogP contribution >= 0.6 is 0 Å². The van der Waals surface area contributed by atoms with E-state index in [1.165, 1.54) is 141 Å². The van der Waals surface area contributed by atoms with Gasteiger partial charge in [0.2, 0.25) is 0 Å². The number of ether oxygens (including phenoxy) is 4. The first kappa shape index (κ1) is 50.1. The number of aliphatic hydroxyl groups is 4. The third-order valence-corrected chi connectivity index (χ3v) is 12.9. The largest absolute Gasteiger partial charge is 0.462 e. The van der Waals surface area contributed by atoms with E-state index in [1.807, 2.05) is 0 Å². The van der Waals surface area contributed by atoms with Gasteiger partial charge in [-0.3, -0.25) is 9.59 Å². The molecular weight excluding hydrogens is 725 g/mol. The van der Waals surface area contributed by atoms with Crippen molar-refractivity contribution in [3.63, 3.8) is 0 Å². The average Bonchev–Trinajstić information content (AvgIpc) is 4.14. The van der Waals surface area contributed by atoms with Gasteiger partial charge in [-0.15, -0.1) is 0 Å².